The lowest BCUT2D eigenvalue weighted by Crippen LogP contribution is -2.49. The maximum Gasteiger partial charge on any atom is 0.472 e. The van der Waals surface area contributed by atoms with Crippen molar-refractivity contribution in [1.29, 1.82) is 0 Å². The number of amides is 1. The molecule has 3 N–H and O–H groups in total. The number of hydrogen-bond acceptors (Lipinski definition) is 3. The molecule has 0 bridgehead atoms. The second kappa shape index (κ2) is 5.32. The Bertz CT molecular complexity index is 212. The summed E-state index contributed by atoms with van der Waals surface area (Å²) in [7, 11) is 0. The number of alkyl halides is 3. The monoisotopic (exact) mass is 225 g/mol. The number of halogens is 3. The summed E-state index contributed by atoms with van der Waals surface area (Å²) in [6.45, 7) is 1.62. The SMILES string of the molecule is O=C(NN[C@H]1CCCNCC1)C(F)(F)F. The minimum absolute atomic E-state index is 0.0914. The van der Waals surface area contributed by atoms with Crippen LogP contribution in [0.1, 0.15) is 19.3 Å². The summed E-state index contributed by atoms with van der Waals surface area (Å²) in [6.07, 6.45) is -2.47. The van der Waals surface area contributed by atoms with Gasteiger partial charge in [-0.05, 0) is 32.4 Å². The Balaban J connectivity index is 2.26. The highest BCUT2D eigenvalue weighted by molar-refractivity contribution is 5.81. The Morgan fingerprint density at radius 1 is 1.27 bits per heavy atom. The van der Waals surface area contributed by atoms with Crippen molar-refractivity contribution in [3.8, 4) is 0 Å². The lowest BCUT2D eigenvalue weighted by molar-refractivity contribution is -0.175. The minimum atomic E-state index is -4.82. The van der Waals surface area contributed by atoms with Crippen molar-refractivity contribution in [2.75, 3.05) is 13.1 Å². The molecule has 0 aliphatic carbocycles. The first-order chi connectivity index (χ1) is 7.00. The molecule has 0 aromatic heterocycles. The zero-order valence-electron chi connectivity index (χ0n) is 8.16. The van der Waals surface area contributed by atoms with E-state index in [9.17, 15) is 18.0 Å². The highest BCUT2D eigenvalue weighted by atomic mass is 19.4. The van der Waals surface area contributed by atoms with E-state index >= 15 is 0 Å². The fourth-order valence-electron chi connectivity index (χ4n) is 1.40. The van der Waals surface area contributed by atoms with E-state index in [0.29, 0.717) is 6.42 Å². The third-order valence-corrected chi connectivity index (χ3v) is 2.22. The van der Waals surface area contributed by atoms with Gasteiger partial charge in [0.05, 0.1) is 0 Å². The molecule has 1 rings (SSSR count). The van der Waals surface area contributed by atoms with Crippen molar-refractivity contribution in [2.24, 2.45) is 0 Å². The smallest absolute Gasteiger partial charge is 0.317 e. The second-order valence-corrected chi connectivity index (χ2v) is 3.47. The molecule has 1 heterocycles. The first kappa shape index (κ1) is 12.3. The van der Waals surface area contributed by atoms with Crippen LogP contribution in [0.15, 0.2) is 0 Å². The Morgan fingerprint density at radius 3 is 2.67 bits per heavy atom. The van der Waals surface area contributed by atoms with Gasteiger partial charge in [0.25, 0.3) is 0 Å². The third kappa shape index (κ3) is 4.48. The van der Waals surface area contributed by atoms with Gasteiger partial charge in [-0.2, -0.15) is 13.2 Å². The Kier molecular flexibility index (Phi) is 4.34. The summed E-state index contributed by atoms with van der Waals surface area (Å²) in [5.41, 5.74) is 4.09. The highest BCUT2D eigenvalue weighted by Crippen LogP contribution is 2.13. The summed E-state index contributed by atoms with van der Waals surface area (Å²) >= 11 is 0. The molecule has 1 fully saturated rings. The van der Waals surface area contributed by atoms with Crippen LogP contribution >= 0.6 is 0 Å². The molecule has 1 aliphatic rings. The molecule has 7 heteroatoms. The number of carbonyl (C=O) groups excluding carboxylic acids is 1. The summed E-state index contributed by atoms with van der Waals surface area (Å²) < 4.78 is 35.5. The van der Waals surface area contributed by atoms with Crippen LogP contribution in [-0.2, 0) is 4.79 Å². The number of carbonyl (C=O) groups is 1. The molecule has 0 aromatic rings. The zero-order valence-corrected chi connectivity index (χ0v) is 8.16. The van der Waals surface area contributed by atoms with Crippen molar-refractivity contribution in [2.45, 2.75) is 31.5 Å². The second-order valence-electron chi connectivity index (χ2n) is 3.47. The maximum atomic E-state index is 11.8. The summed E-state index contributed by atoms with van der Waals surface area (Å²) in [5, 5.41) is 3.12. The summed E-state index contributed by atoms with van der Waals surface area (Å²) in [6, 6.07) is -0.0914. The topological polar surface area (TPSA) is 53.2 Å². The fourth-order valence-corrected chi connectivity index (χ4v) is 1.40. The van der Waals surface area contributed by atoms with Gasteiger partial charge in [-0.15, -0.1) is 0 Å². The van der Waals surface area contributed by atoms with Gasteiger partial charge < -0.3 is 5.32 Å². The average Bonchev–Trinajstić information content (AvgIpc) is 2.40. The number of nitrogens with one attached hydrogen (secondary N) is 3. The van der Waals surface area contributed by atoms with Crippen molar-refractivity contribution in [3.05, 3.63) is 0 Å². The molecule has 1 atom stereocenters. The van der Waals surface area contributed by atoms with Crippen molar-refractivity contribution >= 4 is 5.91 Å². The molecule has 0 aromatic carbocycles. The van der Waals surface area contributed by atoms with E-state index in [4.69, 9.17) is 0 Å². The summed E-state index contributed by atoms with van der Waals surface area (Å²) in [5.74, 6) is -1.94. The van der Waals surface area contributed by atoms with Gasteiger partial charge in [-0.3, -0.25) is 10.2 Å². The van der Waals surface area contributed by atoms with Gasteiger partial charge >= 0.3 is 12.1 Å². The normalized spacial score (nSPS) is 23.3. The lowest BCUT2D eigenvalue weighted by Gasteiger charge is -2.17. The van der Waals surface area contributed by atoms with Crippen LogP contribution in [0.25, 0.3) is 0 Å². The fraction of sp³-hybridized carbons (Fsp3) is 0.875. The largest absolute Gasteiger partial charge is 0.472 e. The Morgan fingerprint density at radius 2 is 2.00 bits per heavy atom. The molecular formula is C8H14F3N3O. The molecule has 15 heavy (non-hydrogen) atoms. The molecule has 88 valence electrons. The number of hydrazine groups is 1. The van der Waals surface area contributed by atoms with Crippen molar-refractivity contribution in [1.82, 2.24) is 16.2 Å². The predicted octanol–water partition coefficient (Wildman–Crippen LogP) is 0.312. The highest BCUT2D eigenvalue weighted by Gasteiger charge is 2.38. The van der Waals surface area contributed by atoms with Gasteiger partial charge in [0.15, 0.2) is 0 Å². The Labute approximate surface area is 85.6 Å². The molecule has 0 saturated carbocycles. The molecule has 0 unspecified atom stereocenters. The van der Waals surface area contributed by atoms with Crippen LogP contribution in [0.3, 0.4) is 0 Å². The van der Waals surface area contributed by atoms with E-state index in [2.05, 4.69) is 10.7 Å². The molecule has 0 radical (unpaired) electrons. The van der Waals surface area contributed by atoms with Crippen LogP contribution in [0, 0.1) is 0 Å². The van der Waals surface area contributed by atoms with E-state index in [1.54, 1.807) is 5.43 Å². The molecule has 1 amide bonds. The standard InChI is InChI=1S/C8H14F3N3O/c9-8(10,11)7(15)14-13-6-2-1-4-12-5-3-6/h6,12-13H,1-5H2,(H,14,15)/t6-/m0/s1. The van der Waals surface area contributed by atoms with Crippen LogP contribution in [0.5, 0.6) is 0 Å². The third-order valence-electron chi connectivity index (χ3n) is 2.22. The van der Waals surface area contributed by atoms with Crippen LogP contribution < -0.4 is 16.2 Å². The lowest BCUT2D eigenvalue weighted by atomic mass is 10.1. The van der Waals surface area contributed by atoms with Gasteiger partial charge in [-0.1, -0.05) is 0 Å². The minimum Gasteiger partial charge on any atom is -0.317 e. The average molecular weight is 225 g/mol. The van der Waals surface area contributed by atoms with E-state index < -0.39 is 12.1 Å². The zero-order chi connectivity index (χ0) is 11.3. The van der Waals surface area contributed by atoms with E-state index in [1.807, 2.05) is 0 Å². The molecule has 1 saturated heterocycles. The van der Waals surface area contributed by atoms with Gasteiger partial charge in [0.2, 0.25) is 0 Å². The number of rotatable bonds is 2. The first-order valence-electron chi connectivity index (χ1n) is 4.83. The van der Waals surface area contributed by atoms with Crippen molar-refractivity contribution < 1.29 is 18.0 Å². The summed E-state index contributed by atoms with van der Waals surface area (Å²) in [4.78, 5) is 10.5. The van der Waals surface area contributed by atoms with Crippen LogP contribution in [0.4, 0.5) is 13.2 Å². The first-order valence-corrected chi connectivity index (χ1v) is 4.83. The van der Waals surface area contributed by atoms with Gasteiger partial charge in [0.1, 0.15) is 0 Å². The van der Waals surface area contributed by atoms with E-state index in [0.717, 1.165) is 25.9 Å². The van der Waals surface area contributed by atoms with Crippen LogP contribution in [-0.4, -0.2) is 31.2 Å². The quantitative estimate of drug-likeness (QED) is 0.593. The van der Waals surface area contributed by atoms with Gasteiger partial charge in [-0.25, -0.2) is 5.43 Å². The Hall–Kier alpha value is -0.820. The van der Waals surface area contributed by atoms with E-state index in [1.165, 1.54) is 0 Å². The van der Waals surface area contributed by atoms with Crippen molar-refractivity contribution in [3.63, 3.8) is 0 Å². The molecular weight excluding hydrogens is 211 g/mol. The number of hydrogen-bond donors (Lipinski definition) is 3. The molecule has 4 nitrogen and oxygen atoms in total. The predicted molar refractivity (Wildman–Crippen MR) is 47.8 cm³/mol. The van der Waals surface area contributed by atoms with E-state index in [-0.39, 0.29) is 6.04 Å². The maximum absolute atomic E-state index is 11.8. The molecule has 0 spiro atoms. The van der Waals surface area contributed by atoms with Crippen LogP contribution in [0.2, 0.25) is 0 Å². The van der Waals surface area contributed by atoms with Gasteiger partial charge in [0, 0.05) is 6.04 Å². The molecule has 1 aliphatic heterocycles.